The molecular weight excluding hydrogens is 324 g/mol. The van der Waals surface area contributed by atoms with Crippen LogP contribution in [0.5, 0.6) is 0 Å². The van der Waals surface area contributed by atoms with Crippen molar-refractivity contribution in [1.29, 1.82) is 0 Å². The number of para-hydroxylation sites is 1. The molecule has 0 spiro atoms. The highest BCUT2D eigenvalue weighted by molar-refractivity contribution is 6.05. The van der Waals surface area contributed by atoms with Gasteiger partial charge in [-0.3, -0.25) is 9.59 Å². The molecule has 4 nitrogen and oxygen atoms in total. The second-order valence-corrected chi connectivity index (χ2v) is 5.61. The van der Waals surface area contributed by atoms with E-state index in [0.717, 1.165) is 11.1 Å². The molecule has 0 aliphatic carbocycles. The van der Waals surface area contributed by atoms with Crippen molar-refractivity contribution in [3.8, 4) is 0 Å². The maximum Gasteiger partial charge on any atom is 0.261 e. The number of rotatable bonds is 2. The molecule has 0 aliphatic heterocycles. The Labute approximate surface area is 155 Å². The predicted octanol–water partition coefficient (Wildman–Crippen LogP) is 5.53. The molecule has 1 heterocycles. The van der Waals surface area contributed by atoms with Crippen LogP contribution in [-0.2, 0) is 0 Å². The summed E-state index contributed by atoms with van der Waals surface area (Å²) in [5.74, 6) is -0.410. The smallest absolute Gasteiger partial charge is 0.261 e. The number of hydrogen-bond acceptors (Lipinski definition) is 2. The fourth-order valence-corrected chi connectivity index (χ4v) is 2.26. The number of H-pyrrole nitrogens is 1. The number of benzene rings is 2. The highest BCUT2D eigenvalue weighted by Gasteiger charge is 2.12. The lowest BCUT2D eigenvalue weighted by Crippen LogP contribution is -2.21. The van der Waals surface area contributed by atoms with Crippen molar-refractivity contribution in [1.82, 2.24) is 4.98 Å². The minimum atomic E-state index is -0.410. The molecule has 1 aromatic heterocycles. The van der Waals surface area contributed by atoms with Gasteiger partial charge in [0, 0.05) is 22.8 Å². The van der Waals surface area contributed by atoms with E-state index in [1.807, 2.05) is 45.0 Å². The van der Waals surface area contributed by atoms with Crippen LogP contribution in [-0.4, -0.2) is 10.9 Å². The second-order valence-electron chi connectivity index (χ2n) is 5.61. The van der Waals surface area contributed by atoms with Crippen molar-refractivity contribution < 1.29 is 4.79 Å². The first kappa shape index (κ1) is 21.2. The summed E-state index contributed by atoms with van der Waals surface area (Å²) in [6.07, 6.45) is 2.70. The fraction of sp³-hybridized carbons (Fsp3) is 0.273. The van der Waals surface area contributed by atoms with Gasteiger partial charge in [-0.15, -0.1) is 0 Å². The predicted molar refractivity (Wildman–Crippen MR) is 111 cm³/mol. The Morgan fingerprint density at radius 3 is 2.35 bits per heavy atom. The molecule has 0 fully saturated rings. The number of aromatic nitrogens is 1. The molecule has 0 radical (unpaired) electrons. The molecule has 4 heteroatoms. The number of anilines is 1. The largest absolute Gasteiger partial charge is 0.360 e. The van der Waals surface area contributed by atoms with Gasteiger partial charge in [0.1, 0.15) is 5.56 Å². The van der Waals surface area contributed by atoms with Gasteiger partial charge >= 0.3 is 0 Å². The van der Waals surface area contributed by atoms with Crippen LogP contribution in [0.3, 0.4) is 0 Å². The highest BCUT2D eigenvalue weighted by atomic mass is 16.2. The van der Waals surface area contributed by atoms with Crippen molar-refractivity contribution in [2.45, 2.75) is 41.0 Å². The molecule has 0 unspecified atom stereocenters. The third-order valence-electron chi connectivity index (χ3n) is 3.31. The van der Waals surface area contributed by atoms with Gasteiger partial charge in [-0.05, 0) is 36.8 Å². The van der Waals surface area contributed by atoms with Gasteiger partial charge < -0.3 is 10.3 Å². The number of amides is 1. The summed E-state index contributed by atoms with van der Waals surface area (Å²) < 4.78 is 0. The summed E-state index contributed by atoms with van der Waals surface area (Å²) in [5, 5.41) is 3.25. The van der Waals surface area contributed by atoms with E-state index < -0.39 is 5.91 Å². The Morgan fingerprint density at radius 1 is 1.04 bits per heavy atom. The molecular formula is C22H28N2O2. The standard InChI is InChI=1S/C17H14N2O2.C3H8.C2H6/c1-11-5-4-6-12(9-11)19-17(21)14-10-18-15-8-3-2-7-13(15)16(14)20;1-3-2;1-2/h2-10H,1H3,(H,18,20)(H,19,21);3H2,1-2H3;1-2H3. The van der Waals surface area contributed by atoms with E-state index in [1.165, 1.54) is 12.6 Å². The summed E-state index contributed by atoms with van der Waals surface area (Å²) in [4.78, 5) is 27.6. The van der Waals surface area contributed by atoms with Crippen molar-refractivity contribution in [2.75, 3.05) is 5.32 Å². The first-order valence-electron chi connectivity index (χ1n) is 9.05. The summed E-state index contributed by atoms with van der Waals surface area (Å²) in [5.41, 5.74) is 2.27. The number of fused-ring (bicyclic) bond motifs is 1. The van der Waals surface area contributed by atoms with Crippen LogP contribution in [0.15, 0.2) is 59.5 Å². The van der Waals surface area contributed by atoms with Crippen molar-refractivity contribution in [3.05, 3.63) is 76.1 Å². The number of carbonyl (C=O) groups is 1. The average Bonchev–Trinajstić information content (AvgIpc) is 2.64. The van der Waals surface area contributed by atoms with Crippen LogP contribution in [0.4, 0.5) is 5.69 Å². The van der Waals surface area contributed by atoms with E-state index in [0.29, 0.717) is 11.1 Å². The third-order valence-corrected chi connectivity index (χ3v) is 3.31. The van der Waals surface area contributed by atoms with Crippen LogP contribution in [0, 0.1) is 6.92 Å². The first-order valence-corrected chi connectivity index (χ1v) is 9.05. The number of nitrogens with one attached hydrogen (secondary N) is 2. The molecule has 0 saturated carbocycles. The van der Waals surface area contributed by atoms with E-state index in [9.17, 15) is 9.59 Å². The second kappa shape index (κ2) is 10.9. The Kier molecular flexibility index (Phi) is 8.85. The summed E-state index contributed by atoms with van der Waals surface area (Å²) in [6, 6.07) is 14.6. The molecule has 3 aromatic rings. The number of aromatic amines is 1. The summed E-state index contributed by atoms with van der Waals surface area (Å²) in [7, 11) is 0. The monoisotopic (exact) mass is 352 g/mol. The van der Waals surface area contributed by atoms with Crippen molar-refractivity contribution in [3.63, 3.8) is 0 Å². The highest BCUT2D eigenvalue weighted by Crippen LogP contribution is 2.12. The van der Waals surface area contributed by atoms with Gasteiger partial charge in [-0.1, -0.05) is 58.4 Å². The number of aryl methyl sites for hydroxylation is 1. The van der Waals surface area contributed by atoms with E-state index in [-0.39, 0.29) is 11.0 Å². The maximum atomic E-state index is 12.3. The molecule has 3 rings (SSSR count). The zero-order valence-electron chi connectivity index (χ0n) is 16.2. The first-order chi connectivity index (χ1) is 12.6. The third kappa shape index (κ3) is 5.59. The van der Waals surface area contributed by atoms with Crippen LogP contribution in [0.2, 0.25) is 0 Å². The number of hydrogen-bond donors (Lipinski definition) is 2. The van der Waals surface area contributed by atoms with E-state index in [2.05, 4.69) is 24.1 Å². The van der Waals surface area contributed by atoms with Crippen LogP contribution in [0.25, 0.3) is 10.9 Å². The summed E-state index contributed by atoms with van der Waals surface area (Å²) in [6.45, 7) is 10.2. The van der Waals surface area contributed by atoms with Gasteiger partial charge in [0.15, 0.2) is 0 Å². The molecule has 2 N–H and O–H groups in total. The Morgan fingerprint density at radius 2 is 1.69 bits per heavy atom. The molecule has 138 valence electrons. The molecule has 0 atom stereocenters. The lowest BCUT2D eigenvalue weighted by Gasteiger charge is -2.06. The van der Waals surface area contributed by atoms with E-state index in [4.69, 9.17) is 0 Å². The lowest BCUT2D eigenvalue weighted by molar-refractivity contribution is 0.102. The normalized spacial score (nSPS) is 9.42. The van der Waals surface area contributed by atoms with Crippen LogP contribution >= 0.6 is 0 Å². The SMILES string of the molecule is CC.CCC.Cc1cccc(NC(=O)c2c[nH]c3ccccc3c2=O)c1. The summed E-state index contributed by atoms with van der Waals surface area (Å²) >= 11 is 0. The van der Waals surface area contributed by atoms with Crippen LogP contribution in [0.1, 0.15) is 50.0 Å². The van der Waals surface area contributed by atoms with Gasteiger partial charge in [0.25, 0.3) is 5.91 Å². The zero-order chi connectivity index (χ0) is 19.5. The Balaban J connectivity index is 0.000000615. The molecule has 1 amide bonds. The molecule has 0 saturated heterocycles. The number of carbonyl (C=O) groups excluding carboxylic acids is 1. The molecule has 2 aromatic carbocycles. The average molecular weight is 352 g/mol. The van der Waals surface area contributed by atoms with E-state index in [1.54, 1.807) is 24.3 Å². The van der Waals surface area contributed by atoms with Crippen molar-refractivity contribution >= 4 is 22.5 Å². The molecule has 0 bridgehead atoms. The van der Waals surface area contributed by atoms with Gasteiger partial charge in [-0.2, -0.15) is 0 Å². The lowest BCUT2D eigenvalue weighted by atomic mass is 10.1. The quantitative estimate of drug-likeness (QED) is 0.637. The van der Waals surface area contributed by atoms with Gasteiger partial charge in [0.05, 0.1) is 0 Å². The number of pyridine rings is 1. The van der Waals surface area contributed by atoms with Crippen LogP contribution < -0.4 is 10.7 Å². The molecule has 26 heavy (non-hydrogen) atoms. The minimum Gasteiger partial charge on any atom is -0.360 e. The maximum absolute atomic E-state index is 12.3. The van der Waals surface area contributed by atoms with Crippen molar-refractivity contribution in [2.24, 2.45) is 0 Å². The minimum absolute atomic E-state index is 0.107. The Bertz CT molecular complexity index is 898. The zero-order valence-corrected chi connectivity index (χ0v) is 16.2. The van der Waals surface area contributed by atoms with Gasteiger partial charge in [-0.25, -0.2) is 0 Å². The van der Waals surface area contributed by atoms with Gasteiger partial charge in [0.2, 0.25) is 5.43 Å². The Hall–Kier alpha value is -2.88. The van der Waals surface area contributed by atoms with E-state index >= 15 is 0 Å². The topological polar surface area (TPSA) is 62.0 Å². The fourth-order valence-electron chi connectivity index (χ4n) is 2.26. The molecule has 0 aliphatic rings.